The van der Waals surface area contributed by atoms with E-state index in [1.54, 1.807) is 6.08 Å². The molecule has 1 aliphatic rings. The topological polar surface area (TPSA) is 85.9 Å². The number of ether oxygens (including phenoxy) is 1. The molecule has 0 radical (unpaired) electrons. The Kier molecular flexibility index (Phi) is 8.71. The van der Waals surface area contributed by atoms with Gasteiger partial charge in [-0.25, -0.2) is 0 Å². The van der Waals surface area contributed by atoms with Gasteiger partial charge in [0.2, 0.25) is 0 Å². The summed E-state index contributed by atoms with van der Waals surface area (Å²) in [5.41, 5.74) is 3.14. The van der Waals surface area contributed by atoms with Gasteiger partial charge in [0.15, 0.2) is 0 Å². The molecule has 0 saturated heterocycles. The van der Waals surface area contributed by atoms with Crippen LogP contribution in [0.1, 0.15) is 40.0 Å². The molecule has 0 aliphatic heterocycles. The molecule has 0 unspecified atom stereocenters. The third kappa shape index (κ3) is 6.00. The van der Waals surface area contributed by atoms with E-state index in [1.807, 2.05) is 42.5 Å². The third-order valence-corrected chi connectivity index (χ3v) is 8.72. The summed E-state index contributed by atoms with van der Waals surface area (Å²) >= 11 is 12.0. The van der Waals surface area contributed by atoms with Gasteiger partial charge < -0.3 is 10.1 Å². The smallest absolute Gasteiger partial charge is 0.266 e. The van der Waals surface area contributed by atoms with Crippen molar-refractivity contribution in [3.63, 3.8) is 0 Å². The molecule has 0 fully saturated rings. The van der Waals surface area contributed by atoms with Crippen molar-refractivity contribution in [2.45, 2.75) is 32.3 Å². The van der Waals surface area contributed by atoms with E-state index in [2.05, 4.69) is 56.6 Å². The molecule has 5 nitrogen and oxygen atoms in total. The molecule has 35 heavy (non-hydrogen) atoms. The molecule has 0 bridgehead atoms. The molecule has 1 aliphatic carbocycles. The number of rotatable bonds is 6. The molecule has 1 N–H and O–H groups in total. The Morgan fingerprint density at radius 3 is 2.57 bits per heavy atom. The molecule has 9 heteroatoms. The number of nitrogens with one attached hydrogen (secondary N) is 1. The number of nitrogens with zero attached hydrogens (tertiary/aromatic N) is 2. The fourth-order valence-electron chi connectivity index (χ4n) is 3.82. The van der Waals surface area contributed by atoms with Crippen LogP contribution >= 0.6 is 68.1 Å². The van der Waals surface area contributed by atoms with E-state index in [4.69, 9.17) is 16.3 Å². The van der Waals surface area contributed by atoms with Gasteiger partial charge in [-0.15, -0.1) is 11.3 Å². The number of carbonyl (C=O) groups excluding carboxylic acids is 1. The average molecular weight is 726 g/mol. The zero-order valence-electron chi connectivity index (χ0n) is 18.3. The highest BCUT2D eigenvalue weighted by Crippen LogP contribution is 2.38. The number of benzene rings is 2. The second-order valence-corrected chi connectivity index (χ2v) is 11.7. The fourth-order valence-corrected chi connectivity index (χ4v) is 7.38. The van der Waals surface area contributed by atoms with E-state index in [0.717, 1.165) is 48.8 Å². The van der Waals surface area contributed by atoms with Crippen molar-refractivity contribution in [1.29, 1.82) is 10.5 Å². The molecule has 0 spiro atoms. The van der Waals surface area contributed by atoms with Crippen LogP contribution in [0.4, 0.5) is 5.00 Å². The number of thiophene rings is 1. The van der Waals surface area contributed by atoms with Crippen molar-refractivity contribution in [2.24, 2.45) is 0 Å². The van der Waals surface area contributed by atoms with Crippen LogP contribution in [0.5, 0.6) is 5.75 Å². The number of hydrogen-bond acceptors (Lipinski definition) is 5. The van der Waals surface area contributed by atoms with Crippen LogP contribution in [0, 0.1) is 29.8 Å². The lowest BCUT2D eigenvalue weighted by atomic mass is 9.96. The van der Waals surface area contributed by atoms with Gasteiger partial charge in [0.25, 0.3) is 5.91 Å². The number of aryl methyl sites for hydroxylation is 1. The highest BCUT2D eigenvalue weighted by atomic mass is 127. The minimum atomic E-state index is -0.522. The summed E-state index contributed by atoms with van der Waals surface area (Å²) in [7, 11) is 0. The van der Waals surface area contributed by atoms with Crippen LogP contribution in [0.25, 0.3) is 6.08 Å². The van der Waals surface area contributed by atoms with Gasteiger partial charge in [-0.05, 0) is 106 Å². The Labute approximate surface area is 240 Å². The maximum Gasteiger partial charge on any atom is 0.266 e. The van der Waals surface area contributed by atoms with Gasteiger partial charge in [0.1, 0.15) is 35.1 Å². The molecular weight excluding hydrogens is 708 g/mol. The van der Waals surface area contributed by atoms with E-state index < -0.39 is 5.91 Å². The van der Waals surface area contributed by atoms with Gasteiger partial charge in [-0.1, -0.05) is 29.8 Å². The summed E-state index contributed by atoms with van der Waals surface area (Å²) in [6.07, 6.45) is 5.46. The molecule has 1 amide bonds. The Hall–Kier alpha value is -2.12. The summed E-state index contributed by atoms with van der Waals surface area (Å²) in [6.45, 7) is 0.332. The monoisotopic (exact) mass is 725 g/mol. The lowest BCUT2D eigenvalue weighted by Crippen LogP contribution is -2.13. The molecule has 1 aromatic heterocycles. The van der Waals surface area contributed by atoms with E-state index in [0.29, 0.717) is 33.5 Å². The number of fused-ring (bicyclic) bond motifs is 1. The number of nitriles is 2. The maximum atomic E-state index is 12.9. The van der Waals surface area contributed by atoms with Gasteiger partial charge in [0, 0.05) is 15.5 Å². The van der Waals surface area contributed by atoms with Gasteiger partial charge in [-0.2, -0.15) is 10.5 Å². The Morgan fingerprint density at radius 1 is 1.17 bits per heavy atom. The van der Waals surface area contributed by atoms with Crippen molar-refractivity contribution >= 4 is 85.1 Å². The van der Waals surface area contributed by atoms with E-state index in [-0.39, 0.29) is 5.57 Å². The number of carbonyl (C=O) groups is 1. The van der Waals surface area contributed by atoms with Crippen molar-refractivity contribution in [3.05, 3.63) is 81.3 Å². The Morgan fingerprint density at radius 2 is 1.89 bits per heavy atom. The van der Waals surface area contributed by atoms with Gasteiger partial charge >= 0.3 is 0 Å². The minimum absolute atomic E-state index is 0.0309. The quantitative estimate of drug-likeness (QED) is 0.162. The number of amides is 1. The van der Waals surface area contributed by atoms with Crippen LogP contribution in [-0.2, 0) is 24.2 Å². The average Bonchev–Trinajstić information content (AvgIpc) is 3.19. The highest BCUT2D eigenvalue weighted by molar-refractivity contribution is 14.1. The van der Waals surface area contributed by atoms with Crippen molar-refractivity contribution < 1.29 is 9.53 Å². The molecule has 3 aromatic rings. The first kappa shape index (κ1) is 26.0. The molecular formula is C26H18ClI2N3O2S. The summed E-state index contributed by atoms with van der Waals surface area (Å²) in [5, 5.41) is 23.3. The zero-order valence-corrected chi connectivity index (χ0v) is 24.2. The maximum absolute atomic E-state index is 12.9. The van der Waals surface area contributed by atoms with Gasteiger partial charge in [-0.3, -0.25) is 4.79 Å². The second-order valence-electron chi connectivity index (χ2n) is 7.84. The van der Waals surface area contributed by atoms with E-state index >= 15 is 0 Å². The van der Waals surface area contributed by atoms with Crippen molar-refractivity contribution in [2.75, 3.05) is 5.32 Å². The SMILES string of the molecule is N#C/C(=C\c1cc(I)c(OCc2ccccc2Cl)c(I)c1)C(=O)Nc1sc2c(c1C#N)CCCC2. The minimum Gasteiger partial charge on any atom is -0.487 e. The summed E-state index contributed by atoms with van der Waals surface area (Å²) < 4.78 is 7.72. The lowest BCUT2D eigenvalue weighted by Gasteiger charge is -2.12. The van der Waals surface area contributed by atoms with Crippen molar-refractivity contribution in [1.82, 2.24) is 0 Å². The third-order valence-electron chi connectivity index (χ3n) is 5.54. The lowest BCUT2D eigenvalue weighted by molar-refractivity contribution is -0.112. The molecule has 176 valence electrons. The Balaban J connectivity index is 1.53. The Bertz CT molecular complexity index is 1400. The molecule has 2 aromatic carbocycles. The molecule has 0 atom stereocenters. The van der Waals surface area contributed by atoms with Gasteiger partial charge in [0.05, 0.1) is 12.7 Å². The summed E-state index contributed by atoms with van der Waals surface area (Å²) in [5.74, 6) is 0.195. The zero-order chi connectivity index (χ0) is 24.9. The molecule has 4 rings (SSSR count). The number of hydrogen-bond donors (Lipinski definition) is 1. The van der Waals surface area contributed by atoms with Crippen LogP contribution in [-0.4, -0.2) is 5.91 Å². The predicted molar refractivity (Wildman–Crippen MR) is 156 cm³/mol. The van der Waals surface area contributed by atoms with Crippen LogP contribution < -0.4 is 10.1 Å². The first-order valence-corrected chi connectivity index (χ1v) is 14.1. The second kappa shape index (κ2) is 11.7. The van der Waals surface area contributed by atoms with Crippen molar-refractivity contribution in [3.8, 4) is 17.9 Å². The van der Waals surface area contributed by atoms with Crippen LogP contribution in [0.2, 0.25) is 5.02 Å². The van der Waals surface area contributed by atoms with Crippen LogP contribution in [0.15, 0.2) is 42.0 Å². The summed E-state index contributed by atoms with van der Waals surface area (Å²) in [6, 6.07) is 15.5. The molecule has 0 saturated carbocycles. The fraction of sp³-hybridized carbons (Fsp3) is 0.192. The normalized spacial score (nSPS) is 12.9. The number of halogens is 3. The largest absolute Gasteiger partial charge is 0.487 e. The summed E-state index contributed by atoms with van der Waals surface area (Å²) in [4.78, 5) is 14.1. The van der Waals surface area contributed by atoms with Crippen LogP contribution in [0.3, 0.4) is 0 Å². The van der Waals surface area contributed by atoms with E-state index in [9.17, 15) is 15.3 Å². The number of anilines is 1. The highest BCUT2D eigenvalue weighted by Gasteiger charge is 2.23. The molecule has 1 heterocycles. The predicted octanol–water partition coefficient (Wildman–Crippen LogP) is 7.49. The first-order chi connectivity index (χ1) is 16.9. The van der Waals surface area contributed by atoms with E-state index in [1.165, 1.54) is 11.3 Å². The standard InChI is InChI=1S/C26H18ClI2N3O2S/c27-20-7-3-1-5-16(20)14-34-24-21(28)10-15(11-22(24)29)9-17(12-30)25(33)32-26-19(13-31)18-6-2-4-8-23(18)35-26/h1,3,5,7,9-11H,2,4,6,8,14H2,(H,32,33)/b17-9+. The first-order valence-electron chi connectivity index (χ1n) is 10.7.